The van der Waals surface area contributed by atoms with Crippen molar-refractivity contribution in [3.05, 3.63) is 66.0 Å². The Hall–Kier alpha value is -2.45. The Morgan fingerprint density at radius 1 is 1.33 bits per heavy atom. The second-order valence-electron chi connectivity index (χ2n) is 6.27. The molecule has 0 bridgehead atoms. The van der Waals surface area contributed by atoms with E-state index in [4.69, 9.17) is 0 Å². The molecular formula is C19H19N5OS2. The molecule has 0 spiro atoms. The van der Waals surface area contributed by atoms with E-state index in [1.165, 1.54) is 28.7 Å². The van der Waals surface area contributed by atoms with E-state index < -0.39 is 0 Å². The van der Waals surface area contributed by atoms with Crippen LogP contribution in [0.15, 0.2) is 59.7 Å². The fraction of sp³-hybridized carbons (Fsp3) is 0.263. The van der Waals surface area contributed by atoms with Crippen molar-refractivity contribution in [1.82, 2.24) is 19.7 Å². The normalized spacial score (nSPS) is 18.2. The maximum absolute atomic E-state index is 12.1. The number of rotatable bonds is 8. The summed E-state index contributed by atoms with van der Waals surface area (Å²) in [5, 5.41) is 14.7. The van der Waals surface area contributed by atoms with Gasteiger partial charge in [0, 0.05) is 24.0 Å². The van der Waals surface area contributed by atoms with Gasteiger partial charge in [0.1, 0.15) is 5.82 Å². The van der Waals surface area contributed by atoms with E-state index >= 15 is 0 Å². The lowest BCUT2D eigenvalue weighted by Crippen LogP contribution is -2.14. The third-order valence-electron chi connectivity index (χ3n) is 4.42. The van der Waals surface area contributed by atoms with Crippen molar-refractivity contribution in [2.75, 3.05) is 11.1 Å². The molecular weight excluding hydrogens is 378 g/mol. The fourth-order valence-electron chi connectivity index (χ4n) is 3.10. The van der Waals surface area contributed by atoms with Gasteiger partial charge in [-0.1, -0.05) is 48.2 Å². The molecule has 2 atom stereocenters. The first-order chi connectivity index (χ1) is 13.3. The first kappa shape index (κ1) is 17.9. The average Bonchev–Trinajstić information content (AvgIpc) is 3.11. The number of allylic oxidation sites excluding steroid dienone is 1. The highest BCUT2D eigenvalue weighted by Crippen LogP contribution is 2.54. The summed E-state index contributed by atoms with van der Waals surface area (Å²) in [5.41, 5.74) is 1.34. The molecule has 0 saturated heterocycles. The number of thioether (sulfide) groups is 1. The van der Waals surface area contributed by atoms with Crippen molar-refractivity contribution in [1.29, 1.82) is 0 Å². The maximum Gasteiger partial charge on any atom is 0.236 e. The second kappa shape index (κ2) is 8.06. The van der Waals surface area contributed by atoms with Crippen molar-refractivity contribution >= 4 is 34.1 Å². The van der Waals surface area contributed by atoms with Crippen molar-refractivity contribution in [3.63, 3.8) is 0 Å². The minimum absolute atomic E-state index is 0.0989. The van der Waals surface area contributed by atoms with Crippen LogP contribution in [0.25, 0.3) is 0 Å². The van der Waals surface area contributed by atoms with E-state index in [9.17, 15) is 4.79 Å². The number of nitrogens with one attached hydrogen (secondary N) is 1. The molecule has 1 saturated carbocycles. The Kier molecular flexibility index (Phi) is 5.35. The van der Waals surface area contributed by atoms with Crippen molar-refractivity contribution in [2.24, 2.45) is 0 Å². The van der Waals surface area contributed by atoms with Crippen LogP contribution < -0.4 is 5.32 Å². The molecule has 3 aromatic rings. The lowest BCUT2D eigenvalue weighted by atomic mass is 10.1. The maximum atomic E-state index is 12.1. The van der Waals surface area contributed by atoms with Crippen molar-refractivity contribution in [3.8, 4) is 0 Å². The Balaban J connectivity index is 1.43. The summed E-state index contributed by atoms with van der Waals surface area (Å²) in [7, 11) is 0. The van der Waals surface area contributed by atoms with Crippen LogP contribution in [0.1, 0.15) is 29.6 Å². The zero-order valence-corrected chi connectivity index (χ0v) is 16.2. The van der Waals surface area contributed by atoms with Crippen LogP contribution in [0.5, 0.6) is 0 Å². The lowest BCUT2D eigenvalue weighted by molar-refractivity contribution is -0.113. The van der Waals surface area contributed by atoms with Crippen LogP contribution >= 0.6 is 23.1 Å². The van der Waals surface area contributed by atoms with Gasteiger partial charge >= 0.3 is 0 Å². The highest BCUT2D eigenvalue weighted by Gasteiger charge is 2.43. The van der Waals surface area contributed by atoms with Gasteiger partial charge < -0.3 is 9.88 Å². The molecule has 6 nitrogen and oxygen atoms in total. The first-order valence-corrected chi connectivity index (χ1v) is 10.5. The van der Waals surface area contributed by atoms with Gasteiger partial charge in [-0.25, -0.2) is 4.98 Å². The smallest absolute Gasteiger partial charge is 0.236 e. The molecule has 4 rings (SSSR count). The van der Waals surface area contributed by atoms with Gasteiger partial charge in [-0.15, -0.1) is 28.1 Å². The standard InChI is InChI=1S/C19H19N5OS2/c1-2-9-24-17(15-11-14(15)13-6-4-3-5-7-13)22-23-19(24)27-12-16(25)21-18-20-8-10-26-18/h2-8,10,14-15H,1,9,11-12H2,(H,20,21,25). The quantitative estimate of drug-likeness (QED) is 0.461. The third kappa shape index (κ3) is 4.12. The predicted molar refractivity (Wildman–Crippen MR) is 108 cm³/mol. The topological polar surface area (TPSA) is 72.7 Å². The number of aromatic nitrogens is 4. The van der Waals surface area contributed by atoms with E-state index in [1.54, 1.807) is 6.20 Å². The number of amides is 1. The molecule has 2 unspecified atom stereocenters. The molecule has 2 heterocycles. The Morgan fingerprint density at radius 2 is 2.19 bits per heavy atom. The number of hydrogen-bond donors (Lipinski definition) is 1. The highest BCUT2D eigenvalue weighted by atomic mass is 32.2. The summed E-state index contributed by atoms with van der Waals surface area (Å²) in [6, 6.07) is 10.5. The minimum Gasteiger partial charge on any atom is -0.302 e. The average molecular weight is 398 g/mol. The zero-order valence-electron chi connectivity index (χ0n) is 14.6. The molecule has 1 amide bonds. The number of hydrogen-bond acceptors (Lipinski definition) is 6. The summed E-state index contributed by atoms with van der Waals surface area (Å²) in [4.78, 5) is 16.2. The molecule has 0 aliphatic heterocycles. The Bertz CT molecular complexity index is 923. The molecule has 8 heteroatoms. The Morgan fingerprint density at radius 3 is 2.93 bits per heavy atom. The summed E-state index contributed by atoms with van der Waals surface area (Å²) in [6.07, 6.45) is 4.58. The summed E-state index contributed by atoms with van der Waals surface area (Å²) in [5.74, 6) is 2.01. The lowest BCUT2D eigenvalue weighted by Gasteiger charge is -2.07. The summed E-state index contributed by atoms with van der Waals surface area (Å²) < 4.78 is 2.07. The molecule has 1 aliphatic carbocycles. The number of anilines is 1. The molecule has 1 aromatic carbocycles. The molecule has 2 aromatic heterocycles. The Labute approximate surface area is 165 Å². The monoisotopic (exact) mass is 397 g/mol. The van der Waals surface area contributed by atoms with Gasteiger partial charge in [0.15, 0.2) is 10.3 Å². The SMILES string of the molecule is C=CCn1c(SCC(=O)Nc2nccs2)nnc1C1CC1c1ccccc1. The molecule has 0 radical (unpaired) electrons. The number of nitrogens with zero attached hydrogens (tertiary/aromatic N) is 4. The van der Waals surface area contributed by atoms with Crippen LogP contribution in [0.3, 0.4) is 0 Å². The highest BCUT2D eigenvalue weighted by molar-refractivity contribution is 7.99. The zero-order chi connectivity index (χ0) is 18.6. The number of carbonyl (C=O) groups is 1. The van der Waals surface area contributed by atoms with E-state index in [0.29, 0.717) is 23.5 Å². The van der Waals surface area contributed by atoms with Gasteiger partial charge in [0.2, 0.25) is 5.91 Å². The first-order valence-electron chi connectivity index (χ1n) is 8.67. The van der Waals surface area contributed by atoms with Crippen LogP contribution in [-0.4, -0.2) is 31.4 Å². The molecule has 1 aliphatic rings. The molecule has 138 valence electrons. The van der Waals surface area contributed by atoms with E-state index in [2.05, 4.69) is 55.9 Å². The van der Waals surface area contributed by atoms with Crippen molar-refractivity contribution < 1.29 is 4.79 Å². The largest absolute Gasteiger partial charge is 0.302 e. The van der Waals surface area contributed by atoms with Gasteiger partial charge in [0.25, 0.3) is 0 Å². The van der Waals surface area contributed by atoms with Crippen LogP contribution in [0.2, 0.25) is 0 Å². The van der Waals surface area contributed by atoms with Crippen LogP contribution in [0, 0.1) is 0 Å². The fourth-order valence-corrected chi connectivity index (χ4v) is 4.40. The molecule has 27 heavy (non-hydrogen) atoms. The van der Waals surface area contributed by atoms with E-state index in [0.717, 1.165) is 17.4 Å². The van der Waals surface area contributed by atoms with E-state index in [1.807, 2.05) is 17.5 Å². The third-order valence-corrected chi connectivity index (χ3v) is 6.07. The van der Waals surface area contributed by atoms with Gasteiger partial charge in [-0.2, -0.15) is 0 Å². The van der Waals surface area contributed by atoms with Gasteiger partial charge in [-0.05, 0) is 17.9 Å². The van der Waals surface area contributed by atoms with Crippen molar-refractivity contribution in [2.45, 2.75) is 30.0 Å². The number of thiazole rings is 1. The summed E-state index contributed by atoms with van der Waals surface area (Å²) >= 11 is 2.79. The van der Waals surface area contributed by atoms with Crippen LogP contribution in [-0.2, 0) is 11.3 Å². The van der Waals surface area contributed by atoms with Crippen LogP contribution in [0.4, 0.5) is 5.13 Å². The predicted octanol–water partition coefficient (Wildman–Crippen LogP) is 3.92. The number of benzene rings is 1. The van der Waals surface area contributed by atoms with E-state index in [-0.39, 0.29) is 11.7 Å². The molecule has 1 fully saturated rings. The van der Waals surface area contributed by atoms with Gasteiger partial charge in [0.05, 0.1) is 5.75 Å². The second-order valence-corrected chi connectivity index (χ2v) is 8.11. The summed E-state index contributed by atoms with van der Waals surface area (Å²) in [6.45, 7) is 4.48. The molecule has 1 N–H and O–H groups in total. The number of carbonyl (C=O) groups excluding carboxylic acids is 1. The minimum atomic E-state index is -0.0989. The van der Waals surface area contributed by atoms with Gasteiger partial charge in [-0.3, -0.25) is 4.79 Å².